The number of fused-ring (bicyclic) bond motifs is 1. The zero-order chi connectivity index (χ0) is 13.1. The lowest BCUT2D eigenvalue weighted by molar-refractivity contribution is 0.619. The van der Waals surface area contributed by atoms with Crippen LogP contribution in [-0.2, 0) is 6.42 Å². The first kappa shape index (κ1) is 13.6. The molecule has 1 aromatic heterocycles. The maximum absolute atomic E-state index is 3.69. The van der Waals surface area contributed by atoms with Crippen molar-refractivity contribution in [1.29, 1.82) is 0 Å². The van der Waals surface area contributed by atoms with Gasteiger partial charge in [-0.3, -0.25) is 0 Å². The zero-order valence-electron chi connectivity index (χ0n) is 11.3. The van der Waals surface area contributed by atoms with Gasteiger partial charge in [-0.2, -0.15) is 0 Å². The smallest absolute Gasteiger partial charge is 0.0497 e. The topological polar surface area (TPSA) is 17.0 Å². The molecule has 18 heavy (non-hydrogen) atoms. The van der Waals surface area contributed by atoms with E-state index in [0.29, 0.717) is 6.04 Å². The first-order valence-corrected chi connectivity index (χ1v) is 7.37. The first-order chi connectivity index (χ1) is 8.65. The van der Waals surface area contributed by atoms with Crippen LogP contribution in [0.4, 0.5) is 0 Å². The van der Waals surface area contributed by atoms with Crippen LogP contribution >= 0.6 is 15.9 Å². The Morgan fingerprint density at radius 3 is 2.78 bits per heavy atom. The average molecular weight is 309 g/mol. The Morgan fingerprint density at radius 1 is 1.33 bits per heavy atom. The van der Waals surface area contributed by atoms with E-state index < -0.39 is 0 Å². The van der Waals surface area contributed by atoms with Crippen LogP contribution in [0.1, 0.15) is 31.9 Å². The predicted molar refractivity (Wildman–Crippen MR) is 82.3 cm³/mol. The van der Waals surface area contributed by atoms with Crippen molar-refractivity contribution in [3.63, 3.8) is 0 Å². The van der Waals surface area contributed by atoms with Gasteiger partial charge >= 0.3 is 0 Å². The molecule has 2 nitrogen and oxygen atoms in total. The largest absolute Gasteiger partial charge is 0.345 e. The Hall–Kier alpha value is -0.800. The third-order valence-electron chi connectivity index (χ3n) is 3.32. The number of aryl methyl sites for hydroxylation is 1. The van der Waals surface area contributed by atoms with E-state index in [0.717, 1.165) is 13.0 Å². The molecule has 98 valence electrons. The van der Waals surface area contributed by atoms with Crippen LogP contribution in [0.2, 0.25) is 0 Å². The molecule has 0 spiro atoms. The van der Waals surface area contributed by atoms with Gasteiger partial charge in [0.1, 0.15) is 0 Å². The highest BCUT2D eigenvalue weighted by molar-refractivity contribution is 9.10. The van der Waals surface area contributed by atoms with Crippen LogP contribution in [0.15, 0.2) is 28.9 Å². The van der Waals surface area contributed by atoms with Crippen molar-refractivity contribution in [3.8, 4) is 0 Å². The van der Waals surface area contributed by atoms with Gasteiger partial charge < -0.3 is 9.88 Å². The molecule has 2 rings (SSSR count). The van der Waals surface area contributed by atoms with Crippen molar-refractivity contribution >= 4 is 26.8 Å². The molecule has 0 aliphatic rings. The number of halogens is 1. The maximum atomic E-state index is 3.69. The minimum absolute atomic E-state index is 0.500. The zero-order valence-corrected chi connectivity index (χ0v) is 12.9. The number of hydrogen-bond donors (Lipinski definition) is 1. The number of hydrogen-bond acceptors (Lipinski definition) is 1. The highest BCUT2D eigenvalue weighted by atomic mass is 79.9. The Balaban J connectivity index is 2.45. The molecule has 0 atom stereocenters. The summed E-state index contributed by atoms with van der Waals surface area (Å²) in [5.41, 5.74) is 2.78. The van der Waals surface area contributed by atoms with Gasteiger partial charge in [0.2, 0.25) is 0 Å². The number of aromatic nitrogens is 1. The van der Waals surface area contributed by atoms with Gasteiger partial charge in [-0.15, -0.1) is 0 Å². The highest BCUT2D eigenvalue weighted by Crippen LogP contribution is 2.31. The van der Waals surface area contributed by atoms with Gasteiger partial charge in [-0.1, -0.05) is 22.0 Å². The number of nitrogens with zero attached hydrogens (tertiary/aromatic N) is 1. The fourth-order valence-electron chi connectivity index (χ4n) is 2.42. The molecule has 3 heteroatoms. The van der Waals surface area contributed by atoms with E-state index in [2.05, 4.69) is 64.1 Å². The van der Waals surface area contributed by atoms with Crippen LogP contribution in [0.3, 0.4) is 0 Å². The molecule has 0 radical (unpaired) electrons. The Kier molecular flexibility index (Phi) is 4.46. The fourth-order valence-corrected chi connectivity index (χ4v) is 3.03. The van der Waals surface area contributed by atoms with Crippen molar-refractivity contribution in [2.45, 2.75) is 32.7 Å². The SMILES string of the molecule is CNCCCc1cn(C(C)C)c2cccc(Br)c12. The van der Waals surface area contributed by atoms with Crippen molar-refractivity contribution in [1.82, 2.24) is 9.88 Å². The normalized spacial score (nSPS) is 11.6. The Morgan fingerprint density at radius 2 is 2.11 bits per heavy atom. The van der Waals surface area contributed by atoms with Crippen LogP contribution in [0.5, 0.6) is 0 Å². The monoisotopic (exact) mass is 308 g/mol. The summed E-state index contributed by atoms with van der Waals surface area (Å²) in [6.45, 7) is 5.54. The first-order valence-electron chi connectivity index (χ1n) is 6.57. The molecule has 0 amide bonds. The van der Waals surface area contributed by atoms with E-state index in [1.165, 1.54) is 27.4 Å². The third kappa shape index (κ3) is 2.62. The van der Waals surface area contributed by atoms with Gasteiger partial charge in [-0.05, 0) is 58.0 Å². The minimum atomic E-state index is 0.500. The van der Waals surface area contributed by atoms with Gasteiger partial charge in [0, 0.05) is 27.6 Å². The summed E-state index contributed by atoms with van der Waals surface area (Å²) in [5.74, 6) is 0. The van der Waals surface area contributed by atoms with E-state index in [1.54, 1.807) is 0 Å². The lowest BCUT2D eigenvalue weighted by Crippen LogP contribution is -2.08. The summed E-state index contributed by atoms with van der Waals surface area (Å²) in [4.78, 5) is 0. The molecule has 2 aromatic rings. The van der Waals surface area contributed by atoms with E-state index >= 15 is 0 Å². The fraction of sp³-hybridized carbons (Fsp3) is 0.467. The highest BCUT2D eigenvalue weighted by Gasteiger charge is 2.12. The van der Waals surface area contributed by atoms with Crippen molar-refractivity contribution < 1.29 is 0 Å². The molecule has 0 unspecified atom stereocenters. The van der Waals surface area contributed by atoms with Crippen molar-refractivity contribution in [3.05, 3.63) is 34.4 Å². The minimum Gasteiger partial charge on any atom is -0.345 e. The van der Waals surface area contributed by atoms with E-state index in [4.69, 9.17) is 0 Å². The van der Waals surface area contributed by atoms with Crippen molar-refractivity contribution in [2.75, 3.05) is 13.6 Å². The number of nitrogens with one attached hydrogen (secondary N) is 1. The molecule has 0 bridgehead atoms. The summed E-state index contributed by atoms with van der Waals surface area (Å²) < 4.78 is 3.58. The summed E-state index contributed by atoms with van der Waals surface area (Å²) in [5, 5.41) is 4.59. The van der Waals surface area contributed by atoms with Crippen LogP contribution < -0.4 is 5.32 Å². The van der Waals surface area contributed by atoms with E-state index in [1.807, 2.05) is 7.05 Å². The number of rotatable bonds is 5. The lowest BCUT2D eigenvalue weighted by Gasteiger charge is -2.08. The van der Waals surface area contributed by atoms with Gasteiger partial charge in [0.25, 0.3) is 0 Å². The van der Waals surface area contributed by atoms with Gasteiger partial charge in [0.05, 0.1) is 0 Å². The lowest BCUT2D eigenvalue weighted by atomic mass is 10.1. The Bertz CT molecular complexity index is 529. The summed E-state index contributed by atoms with van der Waals surface area (Å²) >= 11 is 3.69. The third-order valence-corrected chi connectivity index (χ3v) is 3.98. The van der Waals surface area contributed by atoms with Crippen LogP contribution in [0.25, 0.3) is 10.9 Å². The maximum Gasteiger partial charge on any atom is 0.0497 e. The Labute approximate surface area is 118 Å². The molecule has 0 aliphatic carbocycles. The van der Waals surface area contributed by atoms with Gasteiger partial charge in [-0.25, -0.2) is 0 Å². The molecular weight excluding hydrogens is 288 g/mol. The quantitative estimate of drug-likeness (QED) is 0.822. The average Bonchev–Trinajstić information content (AvgIpc) is 2.70. The summed E-state index contributed by atoms with van der Waals surface area (Å²) in [6, 6.07) is 6.96. The molecule has 0 fully saturated rings. The molecule has 1 aromatic carbocycles. The molecule has 0 saturated carbocycles. The second-order valence-corrected chi connectivity index (χ2v) is 5.85. The second kappa shape index (κ2) is 5.89. The van der Waals surface area contributed by atoms with Crippen LogP contribution in [-0.4, -0.2) is 18.2 Å². The standard InChI is InChI=1S/C15H21BrN2/c1-11(2)18-10-12(6-5-9-17-3)15-13(16)7-4-8-14(15)18/h4,7-8,10-11,17H,5-6,9H2,1-3H3. The molecule has 1 heterocycles. The summed E-state index contributed by atoms with van der Waals surface area (Å²) in [7, 11) is 2.01. The van der Waals surface area contributed by atoms with E-state index in [9.17, 15) is 0 Å². The predicted octanol–water partition coefficient (Wildman–Crippen LogP) is 4.14. The van der Waals surface area contributed by atoms with Crippen molar-refractivity contribution in [2.24, 2.45) is 0 Å². The molecular formula is C15H21BrN2. The molecule has 1 N–H and O–H groups in total. The van der Waals surface area contributed by atoms with E-state index in [-0.39, 0.29) is 0 Å². The molecule has 0 saturated heterocycles. The van der Waals surface area contributed by atoms with Gasteiger partial charge in [0.15, 0.2) is 0 Å². The second-order valence-electron chi connectivity index (χ2n) is 5.00. The summed E-state index contributed by atoms with van der Waals surface area (Å²) in [6.07, 6.45) is 4.62. The van der Waals surface area contributed by atoms with Crippen LogP contribution in [0, 0.1) is 0 Å². The number of benzene rings is 1. The molecule has 0 aliphatic heterocycles.